The quantitative estimate of drug-likeness (QED) is 0.897. The summed E-state index contributed by atoms with van der Waals surface area (Å²) < 4.78 is 0.742. The van der Waals surface area contributed by atoms with Crippen LogP contribution in [0.1, 0.15) is 21.5 Å². The van der Waals surface area contributed by atoms with Gasteiger partial charge < -0.3 is 10.4 Å². The summed E-state index contributed by atoms with van der Waals surface area (Å²) in [5.41, 5.74) is 2.73. The van der Waals surface area contributed by atoms with Gasteiger partial charge in [0, 0.05) is 16.7 Å². The van der Waals surface area contributed by atoms with E-state index in [-0.39, 0.29) is 5.56 Å². The highest BCUT2D eigenvalue weighted by atomic mass is 79.9. The topological polar surface area (TPSA) is 73.1 Å². The zero-order chi connectivity index (χ0) is 14.5. The molecule has 0 aliphatic rings. The van der Waals surface area contributed by atoms with Gasteiger partial charge in [-0.15, -0.1) is 0 Å². The van der Waals surface area contributed by atoms with Crippen LogP contribution in [0, 0.1) is 11.3 Å². The van der Waals surface area contributed by atoms with Gasteiger partial charge in [0.05, 0.1) is 11.1 Å². The molecule has 0 unspecified atom stereocenters. The van der Waals surface area contributed by atoms with Crippen LogP contribution >= 0.6 is 15.9 Å². The summed E-state index contributed by atoms with van der Waals surface area (Å²) in [5.74, 6) is -0.930. The molecule has 0 atom stereocenters. The molecular formula is C15H11BrN2O2. The number of halogens is 1. The van der Waals surface area contributed by atoms with E-state index in [0.717, 1.165) is 15.7 Å². The molecule has 0 aliphatic carbocycles. The average molecular weight is 331 g/mol. The molecule has 0 fully saturated rings. The van der Waals surface area contributed by atoms with Gasteiger partial charge in [-0.1, -0.05) is 12.1 Å². The van der Waals surface area contributed by atoms with Crippen molar-refractivity contribution >= 4 is 27.6 Å². The maximum absolute atomic E-state index is 10.7. The molecule has 100 valence electrons. The number of aromatic carboxylic acids is 1. The van der Waals surface area contributed by atoms with E-state index in [1.165, 1.54) is 0 Å². The smallest absolute Gasteiger partial charge is 0.335 e. The van der Waals surface area contributed by atoms with E-state index < -0.39 is 5.97 Å². The molecule has 0 bridgehead atoms. The second-order valence-corrected chi connectivity index (χ2v) is 5.02. The second-order valence-electron chi connectivity index (χ2n) is 4.16. The number of anilines is 1. The summed E-state index contributed by atoms with van der Waals surface area (Å²) in [7, 11) is 0. The third-order valence-electron chi connectivity index (χ3n) is 2.79. The molecule has 0 radical (unpaired) electrons. The predicted molar refractivity (Wildman–Crippen MR) is 79.6 cm³/mol. The molecule has 0 saturated heterocycles. The SMILES string of the molecule is N#Cc1ccc(NCc2ccc(C(=O)O)cc2)cc1Br. The highest BCUT2D eigenvalue weighted by Gasteiger charge is 2.03. The summed E-state index contributed by atoms with van der Waals surface area (Å²) in [6.45, 7) is 0.582. The van der Waals surface area contributed by atoms with Gasteiger partial charge in [0.1, 0.15) is 6.07 Å². The van der Waals surface area contributed by atoms with Gasteiger partial charge in [-0.25, -0.2) is 4.79 Å². The van der Waals surface area contributed by atoms with Gasteiger partial charge in [0.25, 0.3) is 0 Å². The van der Waals surface area contributed by atoms with Crippen LogP contribution in [0.25, 0.3) is 0 Å². The molecule has 5 heteroatoms. The molecule has 20 heavy (non-hydrogen) atoms. The van der Waals surface area contributed by atoms with Crippen molar-refractivity contribution in [3.05, 3.63) is 63.6 Å². The Morgan fingerprint density at radius 3 is 2.50 bits per heavy atom. The van der Waals surface area contributed by atoms with Crippen LogP contribution in [0.15, 0.2) is 46.9 Å². The lowest BCUT2D eigenvalue weighted by atomic mass is 10.1. The van der Waals surface area contributed by atoms with E-state index in [1.54, 1.807) is 30.3 Å². The van der Waals surface area contributed by atoms with E-state index in [9.17, 15) is 4.79 Å². The fourth-order valence-electron chi connectivity index (χ4n) is 1.69. The first-order valence-corrected chi connectivity index (χ1v) is 6.65. The summed E-state index contributed by atoms with van der Waals surface area (Å²) in [4.78, 5) is 10.7. The van der Waals surface area contributed by atoms with Crippen molar-refractivity contribution in [3.63, 3.8) is 0 Å². The van der Waals surface area contributed by atoms with E-state index in [2.05, 4.69) is 27.3 Å². The minimum atomic E-state index is -0.930. The zero-order valence-corrected chi connectivity index (χ0v) is 12.0. The molecule has 2 aromatic rings. The number of hydrogen-bond acceptors (Lipinski definition) is 3. The third-order valence-corrected chi connectivity index (χ3v) is 3.44. The van der Waals surface area contributed by atoms with Gasteiger partial charge in [0.2, 0.25) is 0 Å². The third kappa shape index (κ3) is 3.37. The lowest BCUT2D eigenvalue weighted by Gasteiger charge is -2.08. The maximum Gasteiger partial charge on any atom is 0.335 e. The van der Waals surface area contributed by atoms with Crippen LogP contribution in [0.3, 0.4) is 0 Å². The Morgan fingerprint density at radius 1 is 1.25 bits per heavy atom. The molecule has 0 aromatic heterocycles. The molecule has 0 heterocycles. The minimum Gasteiger partial charge on any atom is -0.478 e. The van der Waals surface area contributed by atoms with Crippen molar-refractivity contribution in [1.29, 1.82) is 5.26 Å². The van der Waals surface area contributed by atoms with Crippen molar-refractivity contribution in [2.45, 2.75) is 6.54 Å². The number of benzene rings is 2. The number of carboxylic acids is 1. The van der Waals surface area contributed by atoms with Gasteiger partial charge in [-0.3, -0.25) is 0 Å². The second kappa shape index (κ2) is 6.22. The van der Waals surface area contributed by atoms with Crippen molar-refractivity contribution < 1.29 is 9.90 Å². The van der Waals surface area contributed by atoms with Crippen molar-refractivity contribution in [2.24, 2.45) is 0 Å². The molecular weight excluding hydrogens is 320 g/mol. The first-order chi connectivity index (χ1) is 9.60. The molecule has 2 rings (SSSR count). The Hall–Kier alpha value is -2.32. The Kier molecular flexibility index (Phi) is 4.38. The fourth-order valence-corrected chi connectivity index (χ4v) is 2.15. The minimum absolute atomic E-state index is 0.273. The molecule has 2 aromatic carbocycles. The van der Waals surface area contributed by atoms with Crippen LogP contribution in [-0.2, 0) is 6.54 Å². The molecule has 0 amide bonds. The summed E-state index contributed by atoms with van der Waals surface area (Å²) in [5, 5.41) is 20.9. The van der Waals surface area contributed by atoms with E-state index in [4.69, 9.17) is 10.4 Å². The Bertz CT molecular complexity index is 675. The molecule has 0 aliphatic heterocycles. The van der Waals surface area contributed by atoms with Crippen molar-refractivity contribution in [1.82, 2.24) is 0 Å². The molecule has 0 spiro atoms. The fraction of sp³-hybridized carbons (Fsp3) is 0.0667. The largest absolute Gasteiger partial charge is 0.478 e. The highest BCUT2D eigenvalue weighted by Crippen LogP contribution is 2.21. The monoisotopic (exact) mass is 330 g/mol. The Morgan fingerprint density at radius 2 is 1.95 bits per heavy atom. The number of rotatable bonds is 4. The van der Waals surface area contributed by atoms with E-state index in [0.29, 0.717) is 12.1 Å². The maximum atomic E-state index is 10.7. The van der Waals surface area contributed by atoms with Gasteiger partial charge in [-0.2, -0.15) is 5.26 Å². The van der Waals surface area contributed by atoms with Gasteiger partial charge >= 0.3 is 5.97 Å². The van der Waals surface area contributed by atoms with Crippen molar-refractivity contribution in [3.8, 4) is 6.07 Å². The summed E-state index contributed by atoms with van der Waals surface area (Å²) >= 11 is 3.33. The summed E-state index contributed by atoms with van der Waals surface area (Å²) in [6, 6.07) is 14.2. The standard InChI is InChI=1S/C15H11BrN2O2/c16-14-7-13(6-5-12(14)8-17)18-9-10-1-3-11(4-2-10)15(19)20/h1-7,18H,9H2,(H,19,20). The van der Waals surface area contributed by atoms with E-state index >= 15 is 0 Å². The van der Waals surface area contributed by atoms with E-state index in [1.807, 2.05) is 12.1 Å². The molecule has 2 N–H and O–H groups in total. The number of nitrogens with one attached hydrogen (secondary N) is 1. The van der Waals surface area contributed by atoms with Crippen molar-refractivity contribution in [2.75, 3.05) is 5.32 Å². The number of nitriles is 1. The normalized spacial score (nSPS) is 9.80. The number of nitrogens with zero attached hydrogens (tertiary/aromatic N) is 1. The van der Waals surface area contributed by atoms with Crippen LogP contribution < -0.4 is 5.32 Å². The lowest BCUT2D eigenvalue weighted by molar-refractivity contribution is 0.0697. The molecule has 0 saturated carbocycles. The number of carboxylic acid groups (broad SMARTS) is 1. The number of hydrogen-bond donors (Lipinski definition) is 2. The predicted octanol–water partition coefficient (Wildman–Crippen LogP) is 3.63. The lowest BCUT2D eigenvalue weighted by Crippen LogP contribution is -2.01. The number of carbonyl (C=O) groups is 1. The first kappa shape index (κ1) is 14.1. The first-order valence-electron chi connectivity index (χ1n) is 5.86. The summed E-state index contributed by atoms with van der Waals surface area (Å²) in [6.07, 6.45) is 0. The average Bonchev–Trinajstić information content (AvgIpc) is 2.45. The van der Waals surface area contributed by atoms with Crippen LogP contribution in [0.2, 0.25) is 0 Å². The Balaban J connectivity index is 2.03. The van der Waals surface area contributed by atoms with Gasteiger partial charge in [0.15, 0.2) is 0 Å². The van der Waals surface area contributed by atoms with Crippen LogP contribution in [0.4, 0.5) is 5.69 Å². The molecule has 4 nitrogen and oxygen atoms in total. The highest BCUT2D eigenvalue weighted by molar-refractivity contribution is 9.10. The Labute approximate surface area is 124 Å². The zero-order valence-electron chi connectivity index (χ0n) is 10.4. The van der Waals surface area contributed by atoms with Crippen LogP contribution in [0.5, 0.6) is 0 Å². The van der Waals surface area contributed by atoms with Gasteiger partial charge in [-0.05, 0) is 51.8 Å². The van der Waals surface area contributed by atoms with Crippen LogP contribution in [-0.4, -0.2) is 11.1 Å².